The van der Waals surface area contributed by atoms with Crippen molar-refractivity contribution in [2.24, 2.45) is 0 Å². The van der Waals surface area contributed by atoms with Crippen molar-refractivity contribution >= 4 is 79.6 Å². The highest BCUT2D eigenvalue weighted by molar-refractivity contribution is 9.15. The Morgan fingerprint density at radius 1 is 0.692 bits per heavy atom. The van der Waals surface area contributed by atoms with Gasteiger partial charge in [0.2, 0.25) is 0 Å². The van der Waals surface area contributed by atoms with Crippen molar-refractivity contribution in [1.82, 2.24) is 0 Å². The second-order valence-corrected chi connectivity index (χ2v) is 6.02. The number of nitrogens with zero attached hydrogens (tertiary/aromatic N) is 1. The predicted octanol–water partition coefficient (Wildman–Crippen LogP) is 5.37. The lowest BCUT2D eigenvalue weighted by Gasteiger charge is -2.07. The monoisotopic (exact) mass is 493 g/mol. The molecule has 0 heterocycles. The van der Waals surface area contributed by atoms with Gasteiger partial charge in [-0.3, -0.25) is 0 Å². The molecule has 0 aliphatic carbocycles. The van der Waals surface area contributed by atoms with Crippen molar-refractivity contribution in [2.45, 2.75) is 0 Å². The Labute approximate surface area is 118 Å². The van der Waals surface area contributed by atoms with Crippen LogP contribution in [0.15, 0.2) is 22.4 Å². The number of halogens is 5. The molecular formula is C7Br5N. The second-order valence-electron chi connectivity index (χ2n) is 2.06. The molecule has 0 amide bonds. The van der Waals surface area contributed by atoms with Crippen LogP contribution in [0.1, 0.15) is 5.56 Å². The van der Waals surface area contributed by atoms with E-state index in [0.717, 1.165) is 22.4 Å². The lowest BCUT2D eigenvalue weighted by atomic mass is 10.2. The van der Waals surface area contributed by atoms with E-state index >= 15 is 0 Å². The Hall–Kier alpha value is 1.11. The Kier molecular flexibility index (Phi) is 4.45. The van der Waals surface area contributed by atoms with E-state index in [9.17, 15) is 0 Å². The molecule has 0 aliphatic heterocycles. The molecule has 0 saturated heterocycles. The van der Waals surface area contributed by atoms with Gasteiger partial charge < -0.3 is 0 Å². The van der Waals surface area contributed by atoms with Crippen LogP contribution in [0.5, 0.6) is 0 Å². The molecule has 13 heavy (non-hydrogen) atoms. The van der Waals surface area contributed by atoms with Crippen LogP contribution in [0.4, 0.5) is 0 Å². The highest BCUT2D eigenvalue weighted by Gasteiger charge is 2.16. The van der Waals surface area contributed by atoms with Crippen LogP contribution in [0.25, 0.3) is 0 Å². The zero-order valence-electron chi connectivity index (χ0n) is 5.84. The number of hydrogen-bond acceptors (Lipinski definition) is 1. The average molecular weight is 498 g/mol. The van der Waals surface area contributed by atoms with Crippen LogP contribution in [0.2, 0.25) is 0 Å². The number of hydrogen-bond donors (Lipinski definition) is 0. The molecule has 0 N–H and O–H groups in total. The lowest BCUT2D eigenvalue weighted by molar-refractivity contribution is 1.38. The van der Waals surface area contributed by atoms with Crippen molar-refractivity contribution in [3.05, 3.63) is 27.9 Å². The van der Waals surface area contributed by atoms with Gasteiger partial charge in [0, 0.05) is 13.4 Å². The van der Waals surface area contributed by atoms with E-state index in [-0.39, 0.29) is 0 Å². The molecule has 1 aromatic carbocycles. The van der Waals surface area contributed by atoms with Crippen molar-refractivity contribution in [1.29, 1.82) is 5.26 Å². The highest BCUT2D eigenvalue weighted by atomic mass is 79.9. The van der Waals surface area contributed by atoms with Crippen molar-refractivity contribution in [3.8, 4) is 6.07 Å². The molecule has 0 aromatic heterocycles. The molecule has 0 aliphatic rings. The third kappa shape index (κ3) is 2.20. The first kappa shape index (κ1) is 12.2. The van der Waals surface area contributed by atoms with E-state index in [4.69, 9.17) is 5.26 Å². The Bertz CT molecular complexity index is 377. The standard InChI is InChI=1S/C7Br5N/c8-3-2(1-13)4(9)6(11)7(12)5(3)10. The van der Waals surface area contributed by atoms with Gasteiger partial charge in [-0.2, -0.15) is 5.26 Å². The molecule has 0 fully saturated rings. The number of rotatable bonds is 0. The summed E-state index contributed by atoms with van der Waals surface area (Å²) in [5.74, 6) is 0. The summed E-state index contributed by atoms with van der Waals surface area (Å²) < 4.78 is 3.97. The van der Waals surface area contributed by atoms with Crippen LogP contribution >= 0.6 is 79.6 Å². The minimum Gasteiger partial charge on any atom is -0.192 e. The van der Waals surface area contributed by atoms with Crippen LogP contribution in [0.3, 0.4) is 0 Å². The van der Waals surface area contributed by atoms with Crippen LogP contribution < -0.4 is 0 Å². The Balaban J connectivity index is 3.69. The van der Waals surface area contributed by atoms with Gasteiger partial charge in [-0.1, -0.05) is 0 Å². The van der Waals surface area contributed by atoms with Gasteiger partial charge in [-0.05, 0) is 79.6 Å². The lowest BCUT2D eigenvalue weighted by Crippen LogP contribution is -1.86. The molecule has 0 atom stereocenters. The zero-order valence-corrected chi connectivity index (χ0v) is 13.8. The summed E-state index contributed by atoms with van der Waals surface area (Å²) in [6.07, 6.45) is 0. The van der Waals surface area contributed by atoms with E-state index in [2.05, 4.69) is 85.7 Å². The van der Waals surface area contributed by atoms with E-state index in [1.54, 1.807) is 0 Å². The van der Waals surface area contributed by atoms with Crippen molar-refractivity contribution in [3.63, 3.8) is 0 Å². The largest absolute Gasteiger partial charge is 0.192 e. The molecule has 0 radical (unpaired) electrons. The van der Waals surface area contributed by atoms with Crippen molar-refractivity contribution in [2.75, 3.05) is 0 Å². The SMILES string of the molecule is N#Cc1c(Br)c(Br)c(Br)c(Br)c1Br. The second kappa shape index (κ2) is 4.75. The fourth-order valence-electron chi connectivity index (χ4n) is 0.703. The van der Waals surface area contributed by atoms with Gasteiger partial charge in [-0.25, -0.2) is 0 Å². The summed E-state index contributed by atoms with van der Waals surface area (Å²) in [4.78, 5) is 0. The molecule has 0 bridgehead atoms. The third-order valence-corrected chi connectivity index (χ3v) is 7.41. The third-order valence-electron chi connectivity index (χ3n) is 1.32. The summed E-state index contributed by atoms with van der Waals surface area (Å²) in [5, 5.41) is 8.87. The predicted molar refractivity (Wildman–Crippen MR) is 69.7 cm³/mol. The van der Waals surface area contributed by atoms with E-state index < -0.39 is 0 Å². The summed E-state index contributed by atoms with van der Waals surface area (Å²) in [6, 6.07) is 2.10. The first-order chi connectivity index (χ1) is 6.00. The van der Waals surface area contributed by atoms with Gasteiger partial charge in [0.1, 0.15) is 6.07 Å². The summed E-state index contributed by atoms with van der Waals surface area (Å²) >= 11 is 16.8. The molecule has 0 unspecified atom stereocenters. The van der Waals surface area contributed by atoms with Gasteiger partial charge >= 0.3 is 0 Å². The molecular weight excluding hydrogens is 498 g/mol. The maximum atomic E-state index is 8.87. The first-order valence-corrected chi connectivity index (χ1v) is 6.88. The average Bonchev–Trinajstić information content (AvgIpc) is 2.13. The summed E-state index contributed by atoms with van der Waals surface area (Å²) in [7, 11) is 0. The summed E-state index contributed by atoms with van der Waals surface area (Å²) in [5.41, 5.74) is 0.557. The van der Waals surface area contributed by atoms with Crippen LogP contribution in [-0.2, 0) is 0 Å². The molecule has 0 saturated carbocycles. The number of nitriles is 1. The highest BCUT2D eigenvalue weighted by Crippen LogP contribution is 2.43. The van der Waals surface area contributed by atoms with Gasteiger partial charge in [0.05, 0.1) is 14.5 Å². The quantitative estimate of drug-likeness (QED) is 0.349. The van der Waals surface area contributed by atoms with Crippen LogP contribution in [-0.4, -0.2) is 0 Å². The first-order valence-electron chi connectivity index (χ1n) is 2.92. The fraction of sp³-hybridized carbons (Fsp3) is 0. The van der Waals surface area contributed by atoms with E-state index in [1.165, 1.54) is 0 Å². The normalized spacial score (nSPS) is 9.85. The van der Waals surface area contributed by atoms with Gasteiger partial charge in [-0.15, -0.1) is 0 Å². The smallest absolute Gasteiger partial charge is 0.102 e. The Morgan fingerprint density at radius 2 is 1.00 bits per heavy atom. The molecule has 1 nitrogen and oxygen atoms in total. The number of benzene rings is 1. The van der Waals surface area contributed by atoms with E-state index in [0.29, 0.717) is 5.56 Å². The topological polar surface area (TPSA) is 23.8 Å². The minimum atomic E-state index is 0.557. The van der Waals surface area contributed by atoms with Gasteiger partial charge in [0.25, 0.3) is 0 Å². The Morgan fingerprint density at radius 3 is 1.31 bits per heavy atom. The molecule has 68 valence electrons. The molecule has 0 spiro atoms. The molecule has 1 rings (SSSR count). The fourth-order valence-corrected chi connectivity index (χ4v) is 3.93. The van der Waals surface area contributed by atoms with Crippen molar-refractivity contribution < 1.29 is 0 Å². The zero-order chi connectivity index (χ0) is 10.2. The molecule has 1 aromatic rings. The summed E-state index contributed by atoms with van der Waals surface area (Å²) in [6.45, 7) is 0. The maximum absolute atomic E-state index is 8.87. The van der Waals surface area contributed by atoms with E-state index in [1.807, 2.05) is 0 Å². The van der Waals surface area contributed by atoms with Gasteiger partial charge in [0.15, 0.2) is 0 Å². The molecule has 6 heteroatoms. The van der Waals surface area contributed by atoms with Crippen LogP contribution in [0, 0.1) is 11.3 Å². The maximum Gasteiger partial charge on any atom is 0.102 e. The minimum absolute atomic E-state index is 0.557.